The Morgan fingerprint density at radius 1 is 1.50 bits per heavy atom. The van der Waals surface area contributed by atoms with E-state index < -0.39 is 0 Å². The van der Waals surface area contributed by atoms with Crippen molar-refractivity contribution >= 4 is 5.78 Å². The molecular weight excluding hydrogens is 202 g/mol. The zero-order valence-corrected chi connectivity index (χ0v) is 10.2. The lowest BCUT2D eigenvalue weighted by Crippen LogP contribution is -2.19. The second-order valence-corrected chi connectivity index (χ2v) is 3.86. The maximum atomic E-state index is 11.6. The second-order valence-electron chi connectivity index (χ2n) is 3.86. The van der Waals surface area contributed by atoms with Crippen LogP contribution in [0.5, 0.6) is 0 Å². The number of Topliss-reactive ketones (excluding diaryl/α,β-unsaturated/α-hetero) is 1. The fraction of sp³-hybridized carbons (Fsp3) is 0.667. The van der Waals surface area contributed by atoms with Crippen LogP contribution in [0.3, 0.4) is 0 Å². The van der Waals surface area contributed by atoms with E-state index in [4.69, 9.17) is 0 Å². The van der Waals surface area contributed by atoms with Gasteiger partial charge in [-0.05, 0) is 13.0 Å². The monoisotopic (exact) mass is 223 g/mol. The summed E-state index contributed by atoms with van der Waals surface area (Å²) in [5, 5.41) is 3.15. The number of carbonyl (C=O) groups excluding carboxylic acids is 1. The van der Waals surface area contributed by atoms with E-state index in [1.807, 2.05) is 13.1 Å². The van der Waals surface area contributed by atoms with Gasteiger partial charge in [0.05, 0.1) is 6.42 Å². The molecule has 1 rings (SSSR count). The summed E-state index contributed by atoms with van der Waals surface area (Å²) in [6.45, 7) is 6.78. The molecule has 1 aromatic rings. The molecule has 0 atom stereocenters. The zero-order valence-electron chi connectivity index (χ0n) is 10.2. The molecule has 4 nitrogen and oxygen atoms in total. The van der Waals surface area contributed by atoms with Crippen molar-refractivity contribution in [1.82, 2.24) is 14.9 Å². The van der Waals surface area contributed by atoms with Gasteiger partial charge in [0.25, 0.3) is 0 Å². The average Bonchev–Trinajstić information content (AvgIpc) is 2.67. The Balaban J connectivity index is 2.39. The van der Waals surface area contributed by atoms with Crippen molar-refractivity contribution in [3.8, 4) is 0 Å². The lowest BCUT2D eigenvalue weighted by Gasteiger charge is -2.05. The Morgan fingerprint density at radius 2 is 2.31 bits per heavy atom. The highest BCUT2D eigenvalue weighted by Crippen LogP contribution is 2.02. The van der Waals surface area contributed by atoms with Gasteiger partial charge in [-0.15, -0.1) is 0 Å². The lowest BCUT2D eigenvalue weighted by atomic mass is 10.2. The molecule has 0 fully saturated rings. The number of nitrogens with one attached hydrogen (secondary N) is 1. The van der Waals surface area contributed by atoms with Crippen LogP contribution in [-0.4, -0.2) is 28.4 Å². The highest BCUT2D eigenvalue weighted by atomic mass is 16.1. The normalized spacial score (nSPS) is 10.6. The first-order chi connectivity index (χ1) is 7.77. The molecule has 0 unspecified atom stereocenters. The summed E-state index contributed by atoms with van der Waals surface area (Å²) in [5.41, 5.74) is 0. The van der Waals surface area contributed by atoms with Gasteiger partial charge in [-0.3, -0.25) is 4.79 Å². The van der Waals surface area contributed by atoms with Crippen molar-refractivity contribution in [1.29, 1.82) is 0 Å². The van der Waals surface area contributed by atoms with E-state index in [0.717, 1.165) is 31.9 Å². The van der Waals surface area contributed by atoms with E-state index in [0.29, 0.717) is 12.8 Å². The van der Waals surface area contributed by atoms with Crippen LogP contribution in [0.1, 0.15) is 32.5 Å². The fourth-order valence-electron chi connectivity index (χ4n) is 1.62. The van der Waals surface area contributed by atoms with E-state index in [1.54, 1.807) is 6.20 Å². The lowest BCUT2D eigenvalue weighted by molar-refractivity contribution is -0.118. The maximum absolute atomic E-state index is 11.6. The van der Waals surface area contributed by atoms with Crippen molar-refractivity contribution in [2.45, 2.75) is 39.7 Å². The van der Waals surface area contributed by atoms with Crippen LogP contribution in [0, 0.1) is 0 Å². The number of rotatable bonds is 8. The van der Waals surface area contributed by atoms with Gasteiger partial charge >= 0.3 is 0 Å². The van der Waals surface area contributed by atoms with Crippen molar-refractivity contribution in [3.05, 3.63) is 18.2 Å². The van der Waals surface area contributed by atoms with E-state index in [9.17, 15) is 4.79 Å². The topological polar surface area (TPSA) is 46.9 Å². The molecule has 0 bridgehead atoms. The third-order valence-corrected chi connectivity index (χ3v) is 2.45. The number of ketones is 1. The SMILES string of the molecule is CCCn1ccnc1CC(=O)CCNCC. The molecular formula is C12H21N3O. The Labute approximate surface area is 97.1 Å². The summed E-state index contributed by atoms with van der Waals surface area (Å²) in [7, 11) is 0. The summed E-state index contributed by atoms with van der Waals surface area (Å²) in [5.74, 6) is 1.15. The Hall–Kier alpha value is -1.16. The first-order valence-corrected chi connectivity index (χ1v) is 6.00. The van der Waals surface area contributed by atoms with Crippen LogP contribution in [0.4, 0.5) is 0 Å². The summed E-state index contributed by atoms with van der Waals surface area (Å²) in [6.07, 6.45) is 5.82. The molecule has 0 aliphatic heterocycles. The number of aromatic nitrogens is 2. The Bertz CT molecular complexity index is 320. The summed E-state index contributed by atoms with van der Waals surface area (Å²) < 4.78 is 2.06. The highest BCUT2D eigenvalue weighted by Gasteiger charge is 2.08. The number of aryl methyl sites for hydroxylation is 1. The van der Waals surface area contributed by atoms with Crippen molar-refractivity contribution in [2.24, 2.45) is 0 Å². The van der Waals surface area contributed by atoms with Gasteiger partial charge in [-0.1, -0.05) is 13.8 Å². The third kappa shape index (κ3) is 4.14. The van der Waals surface area contributed by atoms with Crippen LogP contribution >= 0.6 is 0 Å². The molecule has 0 radical (unpaired) electrons. The van der Waals surface area contributed by atoms with E-state index in [1.165, 1.54) is 0 Å². The third-order valence-electron chi connectivity index (χ3n) is 2.45. The Kier molecular flexibility index (Phi) is 5.78. The van der Waals surface area contributed by atoms with Crippen LogP contribution in [0.25, 0.3) is 0 Å². The molecule has 0 aliphatic rings. The van der Waals surface area contributed by atoms with Gasteiger partial charge in [0.1, 0.15) is 11.6 Å². The summed E-state index contributed by atoms with van der Waals surface area (Å²) in [6, 6.07) is 0. The molecule has 0 saturated carbocycles. The maximum Gasteiger partial charge on any atom is 0.141 e. The van der Waals surface area contributed by atoms with Gasteiger partial charge < -0.3 is 9.88 Å². The van der Waals surface area contributed by atoms with Crippen molar-refractivity contribution < 1.29 is 4.79 Å². The standard InChI is InChI=1S/C12H21N3O/c1-3-8-15-9-7-14-12(15)10-11(16)5-6-13-4-2/h7,9,13H,3-6,8,10H2,1-2H3. The predicted octanol–water partition coefficient (Wildman–Crippen LogP) is 1.40. The molecule has 0 amide bonds. The van der Waals surface area contributed by atoms with Crippen molar-refractivity contribution in [3.63, 3.8) is 0 Å². The summed E-state index contributed by atoms with van der Waals surface area (Å²) >= 11 is 0. The van der Waals surface area contributed by atoms with E-state index in [2.05, 4.69) is 21.8 Å². The molecule has 1 N–H and O–H groups in total. The molecule has 4 heteroatoms. The molecule has 0 saturated heterocycles. The van der Waals surface area contributed by atoms with Gasteiger partial charge in [-0.2, -0.15) is 0 Å². The fourth-order valence-corrected chi connectivity index (χ4v) is 1.62. The minimum Gasteiger partial charge on any atom is -0.335 e. The molecule has 0 spiro atoms. The van der Waals surface area contributed by atoms with Gasteiger partial charge in [0, 0.05) is 31.9 Å². The number of carbonyl (C=O) groups is 1. The molecule has 0 aliphatic carbocycles. The van der Waals surface area contributed by atoms with Crippen molar-refractivity contribution in [2.75, 3.05) is 13.1 Å². The predicted molar refractivity (Wildman–Crippen MR) is 64.4 cm³/mol. The minimum absolute atomic E-state index is 0.254. The van der Waals surface area contributed by atoms with Gasteiger partial charge in [0.15, 0.2) is 0 Å². The molecule has 16 heavy (non-hydrogen) atoms. The second kappa shape index (κ2) is 7.17. The number of hydrogen-bond donors (Lipinski definition) is 1. The first-order valence-electron chi connectivity index (χ1n) is 6.00. The average molecular weight is 223 g/mol. The van der Waals surface area contributed by atoms with Crippen LogP contribution in [-0.2, 0) is 17.8 Å². The molecule has 90 valence electrons. The largest absolute Gasteiger partial charge is 0.335 e. The number of imidazole rings is 1. The van der Waals surface area contributed by atoms with Crippen LogP contribution < -0.4 is 5.32 Å². The summed E-state index contributed by atoms with van der Waals surface area (Å²) in [4.78, 5) is 15.9. The van der Waals surface area contributed by atoms with Crippen LogP contribution in [0.15, 0.2) is 12.4 Å². The molecule has 1 heterocycles. The molecule has 0 aromatic carbocycles. The van der Waals surface area contributed by atoms with Gasteiger partial charge in [0.2, 0.25) is 0 Å². The van der Waals surface area contributed by atoms with Crippen LogP contribution in [0.2, 0.25) is 0 Å². The quantitative estimate of drug-likeness (QED) is 0.678. The highest BCUT2D eigenvalue weighted by molar-refractivity contribution is 5.80. The number of hydrogen-bond acceptors (Lipinski definition) is 3. The number of nitrogens with zero attached hydrogens (tertiary/aromatic N) is 2. The Morgan fingerprint density at radius 3 is 3.00 bits per heavy atom. The van der Waals surface area contributed by atoms with E-state index in [-0.39, 0.29) is 5.78 Å². The zero-order chi connectivity index (χ0) is 11.8. The van der Waals surface area contributed by atoms with Gasteiger partial charge in [-0.25, -0.2) is 4.98 Å². The smallest absolute Gasteiger partial charge is 0.141 e. The minimum atomic E-state index is 0.254. The molecule has 1 aromatic heterocycles. The first kappa shape index (κ1) is 12.9. The van der Waals surface area contributed by atoms with E-state index >= 15 is 0 Å².